The van der Waals surface area contributed by atoms with Crippen molar-refractivity contribution in [1.82, 2.24) is 9.97 Å². The molecule has 0 unspecified atom stereocenters. The lowest BCUT2D eigenvalue weighted by atomic mass is 10.2. The number of hydrogen-bond donors (Lipinski definition) is 1. The lowest BCUT2D eigenvalue weighted by Gasteiger charge is -2.22. The van der Waals surface area contributed by atoms with Gasteiger partial charge in [-0.2, -0.15) is 0 Å². The summed E-state index contributed by atoms with van der Waals surface area (Å²) in [4.78, 5) is 19.0. The van der Waals surface area contributed by atoms with E-state index in [4.69, 9.17) is 9.47 Å². The van der Waals surface area contributed by atoms with Gasteiger partial charge in [0.25, 0.3) is 5.56 Å². The van der Waals surface area contributed by atoms with Gasteiger partial charge >= 0.3 is 0 Å². The predicted molar refractivity (Wildman–Crippen MR) is 74.6 cm³/mol. The van der Waals surface area contributed by atoms with E-state index >= 15 is 0 Å². The van der Waals surface area contributed by atoms with Gasteiger partial charge in [0.1, 0.15) is 0 Å². The van der Waals surface area contributed by atoms with Gasteiger partial charge < -0.3 is 14.5 Å². The molecule has 0 bridgehead atoms. The van der Waals surface area contributed by atoms with Gasteiger partial charge in [0.05, 0.1) is 13.2 Å². The molecule has 0 aromatic carbocycles. The zero-order valence-electron chi connectivity index (χ0n) is 11.4. The van der Waals surface area contributed by atoms with Crippen LogP contribution in [0.15, 0.2) is 9.95 Å². The number of aromatic nitrogens is 2. The largest absolute Gasteiger partial charge is 0.353 e. The molecule has 106 valence electrons. The van der Waals surface area contributed by atoms with E-state index < -0.39 is 0 Å². The van der Waals surface area contributed by atoms with Crippen LogP contribution in [0.1, 0.15) is 31.0 Å². The maximum absolute atomic E-state index is 11.8. The molecule has 5 nitrogen and oxygen atoms in total. The molecule has 2 heterocycles. The Balaban J connectivity index is 1.87. The fourth-order valence-electron chi connectivity index (χ4n) is 2.02. The molecule has 0 amide bonds. The van der Waals surface area contributed by atoms with Crippen molar-refractivity contribution in [2.45, 2.75) is 44.6 Å². The van der Waals surface area contributed by atoms with E-state index in [-0.39, 0.29) is 11.8 Å². The van der Waals surface area contributed by atoms with Crippen LogP contribution in [-0.4, -0.2) is 35.2 Å². The molecule has 2 rings (SSSR count). The van der Waals surface area contributed by atoms with Crippen LogP contribution in [-0.2, 0) is 15.9 Å². The van der Waals surface area contributed by atoms with Crippen LogP contribution < -0.4 is 5.56 Å². The third kappa shape index (κ3) is 4.06. The molecule has 0 radical (unpaired) electrons. The molecule has 0 aliphatic carbocycles. The monoisotopic (exact) mass is 284 g/mol. The minimum atomic E-state index is -0.107. The van der Waals surface area contributed by atoms with Crippen molar-refractivity contribution in [2.24, 2.45) is 0 Å². The fraction of sp³-hybridized carbons (Fsp3) is 0.692. The summed E-state index contributed by atoms with van der Waals surface area (Å²) in [6.07, 6.45) is 2.38. The van der Waals surface area contributed by atoms with E-state index in [0.717, 1.165) is 43.1 Å². The van der Waals surface area contributed by atoms with Gasteiger partial charge in [-0.25, -0.2) is 4.98 Å². The molecule has 1 saturated heterocycles. The summed E-state index contributed by atoms with van der Waals surface area (Å²) in [6.45, 7) is 5.39. The highest BCUT2D eigenvalue weighted by molar-refractivity contribution is 7.99. The second kappa shape index (κ2) is 7.07. The second-order valence-corrected chi connectivity index (χ2v) is 5.53. The maximum atomic E-state index is 11.8. The van der Waals surface area contributed by atoms with Gasteiger partial charge in [0.2, 0.25) is 0 Å². The van der Waals surface area contributed by atoms with Crippen molar-refractivity contribution in [1.29, 1.82) is 0 Å². The third-order valence-electron chi connectivity index (χ3n) is 3.04. The summed E-state index contributed by atoms with van der Waals surface area (Å²) >= 11 is 1.53. The Hall–Kier alpha value is -0.850. The highest BCUT2D eigenvalue weighted by Gasteiger charge is 2.14. The first kappa shape index (κ1) is 14.6. The molecule has 1 N–H and O–H groups in total. The zero-order chi connectivity index (χ0) is 13.7. The molecule has 1 aliphatic heterocycles. The molecule has 6 heteroatoms. The Bertz CT molecular complexity index is 469. The number of hydrogen-bond acceptors (Lipinski definition) is 5. The fourth-order valence-corrected chi connectivity index (χ4v) is 2.89. The second-order valence-electron chi connectivity index (χ2n) is 4.45. The first-order valence-corrected chi connectivity index (χ1v) is 7.65. The van der Waals surface area contributed by atoms with Crippen LogP contribution in [0.2, 0.25) is 0 Å². The van der Waals surface area contributed by atoms with Gasteiger partial charge in [-0.15, -0.1) is 0 Å². The molecule has 0 spiro atoms. The van der Waals surface area contributed by atoms with Gasteiger partial charge in [-0.05, 0) is 19.8 Å². The van der Waals surface area contributed by atoms with Crippen molar-refractivity contribution < 1.29 is 9.47 Å². The number of nitrogens with zero attached hydrogens (tertiary/aromatic N) is 1. The van der Waals surface area contributed by atoms with E-state index in [0.29, 0.717) is 11.6 Å². The molecule has 0 saturated carbocycles. The first-order valence-electron chi connectivity index (χ1n) is 6.66. The minimum Gasteiger partial charge on any atom is -0.353 e. The van der Waals surface area contributed by atoms with E-state index in [2.05, 4.69) is 9.97 Å². The van der Waals surface area contributed by atoms with Crippen LogP contribution in [0, 0.1) is 6.92 Å². The number of aromatic amines is 1. The summed E-state index contributed by atoms with van der Waals surface area (Å²) in [7, 11) is 0. The van der Waals surface area contributed by atoms with Crippen molar-refractivity contribution in [3.05, 3.63) is 21.6 Å². The van der Waals surface area contributed by atoms with E-state index in [9.17, 15) is 4.79 Å². The van der Waals surface area contributed by atoms with Gasteiger partial charge in [0.15, 0.2) is 11.4 Å². The molecule has 1 fully saturated rings. The third-order valence-corrected chi connectivity index (χ3v) is 3.95. The average molecular weight is 284 g/mol. The van der Waals surface area contributed by atoms with Gasteiger partial charge in [0, 0.05) is 23.4 Å². The number of thioether (sulfide) groups is 1. The first-order chi connectivity index (χ1) is 9.20. The van der Waals surface area contributed by atoms with Crippen molar-refractivity contribution >= 4 is 11.8 Å². The van der Waals surface area contributed by atoms with Crippen LogP contribution in [0.3, 0.4) is 0 Å². The summed E-state index contributed by atoms with van der Waals surface area (Å²) in [5, 5.41) is 0.676. The van der Waals surface area contributed by atoms with Gasteiger partial charge in [-0.3, -0.25) is 4.79 Å². The lowest BCUT2D eigenvalue weighted by molar-refractivity contribution is -0.178. The molecular formula is C13H20N2O3S. The number of aryl methyl sites for hydroxylation is 1. The molecule has 1 aliphatic rings. The van der Waals surface area contributed by atoms with Crippen molar-refractivity contribution in [3.8, 4) is 0 Å². The van der Waals surface area contributed by atoms with Crippen molar-refractivity contribution in [2.75, 3.05) is 19.0 Å². The Morgan fingerprint density at radius 2 is 2.16 bits per heavy atom. The summed E-state index contributed by atoms with van der Waals surface area (Å²) in [5.41, 5.74) is 1.56. The van der Waals surface area contributed by atoms with E-state index in [1.807, 2.05) is 13.8 Å². The van der Waals surface area contributed by atoms with Gasteiger partial charge in [-0.1, -0.05) is 18.7 Å². The van der Waals surface area contributed by atoms with Crippen molar-refractivity contribution in [3.63, 3.8) is 0 Å². The lowest BCUT2D eigenvalue weighted by Crippen LogP contribution is -2.25. The summed E-state index contributed by atoms with van der Waals surface area (Å²) in [6, 6.07) is 0. The molecule has 1 aromatic rings. The molecular weight excluding hydrogens is 264 g/mol. The summed E-state index contributed by atoms with van der Waals surface area (Å²) in [5.74, 6) is 0.818. The molecule has 19 heavy (non-hydrogen) atoms. The topological polar surface area (TPSA) is 64.2 Å². The van der Waals surface area contributed by atoms with E-state index in [1.54, 1.807) is 0 Å². The smallest absolute Gasteiger partial charge is 0.254 e. The highest BCUT2D eigenvalue weighted by Crippen LogP contribution is 2.17. The Labute approximate surface area is 117 Å². The van der Waals surface area contributed by atoms with Crippen LogP contribution in [0.25, 0.3) is 0 Å². The SMILES string of the molecule is CCc1c(C)nc(SCCC2OCCCO2)[nH]c1=O. The standard InChI is InChI=1S/C13H20N2O3S/c1-3-10-9(2)14-13(15-12(10)16)19-8-5-11-17-6-4-7-18-11/h11H,3-8H2,1-2H3,(H,14,15,16). The number of H-pyrrole nitrogens is 1. The summed E-state index contributed by atoms with van der Waals surface area (Å²) < 4.78 is 10.9. The zero-order valence-corrected chi connectivity index (χ0v) is 12.2. The average Bonchev–Trinajstić information content (AvgIpc) is 2.40. The maximum Gasteiger partial charge on any atom is 0.254 e. The Morgan fingerprint density at radius 1 is 1.42 bits per heavy atom. The number of ether oxygens (including phenoxy) is 2. The quantitative estimate of drug-likeness (QED) is 0.661. The predicted octanol–water partition coefficient (Wildman–Crippen LogP) is 1.89. The van der Waals surface area contributed by atoms with Crippen LogP contribution >= 0.6 is 11.8 Å². The van der Waals surface area contributed by atoms with Crippen LogP contribution in [0.4, 0.5) is 0 Å². The molecule has 0 atom stereocenters. The Kier molecular flexibility index (Phi) is 5.42. The highest BCUT2D eigenvalue weighted by atomic mass is 32.2. The van der Waals surface area contributed by atoms with E-state index in [1.165, 1.54) is 11.8 Å². The van der Waals surface area contributed by atoms with Crippen LogP contribution in [0.5, 0.6) is 0 Å². The minimum absolute atomic E-state index is 0.0253. The normalized spacial score (nSPS) is 16.7. The Morgan fingerprint density at radius 3 is 2.79 bits per heavy atom. The number of nitrogens with one attached hydrogen (secondary N) is 1. The number of rotatable bonds is 5. The molecule has 1 aromatic heterocycles.